The lowest BCUT2D eigenvalue weighted by molar-refractivity contribution is -0.263. The highest BCUT2D eigenvalue weighted by molar-refractivity contribution is 5.82. The van der Waals surface area contributed by atoms with Gasteiger partial charge in [0.2, 0.25) is 0 Å². The Bertz CT molecular complexity index is 1210. The quantitative estimate of drug-likeness (QED) is 0.0546. The zero-order chi connectivity index (χ0) is 40.1. The topological polar surface area (TPSA) is 95.8 Å². The van der Waals surface area contributed by atoms with Crippen LogP contribution in [0.25, 0.3) is 10.8 Å². The molecule has 0 aliphatic rings. The van der Waals surface area contributed by atoms with Gasteiger partial charge in [0, 0.05) is 0 Å². The average Bonchev–Trinajstić information content (AvgIpc) is 3.21. The molecule has 8 heteroatoms. The van der Waals surface area contributed by atoms with E-state index in [2.05, 4.69) is 116 Å². The Morgan fingerprint density at radius 2 is 0.792 bits per heavy atom. The van der Waals surface area contributed by atoms with Gasteiger partial charge in [0.25, 0.3) is 0 Å². The Kier molecular flexibility index (Phi) is 53.8. The molecule has 2 N–H and O–H groups in total. The van der Waals surface area contributed by atoms with Gasteiger partial charge in [-0.3, -0.25) is 10.5 Å². The Balaban J connectivity index is -0.000000168. The van der Waals surface area contributed by atoms with Gasteiger partial charge in [-0.2, -0.15) is 0 Å². The first-order chi connectivity index (χ1) is 25.2. The van der Waals surface area contributed by atoms with E-state index < -0.39 is 0 Å². The lowest BCUT2D eigenvalue weighted by Crippen LogP contribution is -2.04. The molecular formula is C45H66O8. The van der Waals surface area contributed by atoms with Crippen LogP contribution >= 0.6 is 0 Å². The first kappa shape index (κ1) is 57.7. The molecule has 0 amide bonds. The van der Waals surface area contributed by atoms with Gasteiger partial charge in [-0.1, -0.05) is 169 Å². The molecule has 0 saturated heterocycles. The maximum atomic E-state index is 7.94. The first-order valence-corrected chi connectivity index (χ1v) is 16.5. The van der Waals surface area contributed by atoms with Crippen molar-refractivity contribution in [2.45, 2.75) is 61.2 Å². The fourth-order valence-electron chi connectivity index (χ4n) is 2.40. The average molecular weight is 735 g/mol. The molecule has 2 unspecified atom stereocenters. The highest BCUT2D eigenvalue weighted by Crippen LogP contribution is 2.11. The smallest absolute Gasteiger partial charge is 0.110 e. The lowest BCUT2D eigenvalue weighted by atomic mass is 10.1. The molecule has 0 bridgehead atoms. The van der Waals surface area contributed by atoms with Crippen molar-refractivity contribution in [2.24, 2.45) is 0 Å². The van der Waals surface area contributed by atoms with E-state index in [1.165, 1.54) is 25.0 Å². The molecule has 4 rings (SSSR count). The van der Waals surface area contributed by atoms with E-state index in [1.54, 1.807) is 39.8 Å². The molecule has 0 heterocycles. The van der Waals surface area contributed by atoms with E-state index in [9.17, 15) is 0 Å². The molecule has 4 aromatic carbocycles. The number of fused-ring (bicyclic) bond motifs is 1. The summed E-state index contributed by atoms with van der Waals surface area (Å²) in [6.07, 6.45) is 2.78. The van der Waals surface area contributed by atoms with E-state index in [0.29, 0.717) is 13.2 Å². The van der Waals surface area contributed by atoms with E-state index >= 15 is 0 Å². The summed E-state index contributed by atoms with van der Waals surface area (Å²) in [6.45, 7) is 25.6. The van der Waals surface area contributed by atoms with Crippen LogP contribution < -0.4 is 0 Å². The zero-order valence-electron chi connectivity index (χ0n) is 32.4. The zero-order valence-corrected chi connectivity index (χ0v) is 32.4. The molecule has 0 spiro atoms. The summed E-state index contributed by atoms with van der Waals surface area (Å²) >= 11 is 0. The normalized spacial score (nSPS) is 9.40. The number of benzene rings is 4. The van der Waals surface area contributed by atoms with Crippen molar-refractivity contribution in [3.05, 3.63) is 182 Å². The first-order valence-electron chi connectivity index (χ1n) is 16.5. The predicted octanol–water partition coefficient (Wildman–Crippen LogP) is 12.6. The number of hydrogen-bond donors (Lipinski definition) is 2. The lowest BCUT2D eigenvalue weighted by Gasteiger charge is -2.03. The van der Waals surface area contributed by atoms with Gasteiger partial charge in [0.1, 0.15) is 25.4 Å². The number of hydrogen-bond acceptors (Lipinski definition) is 8. The molecule has 0 aliphatic carbocycles. The summed E-state index contributed by atoms with van der Waals surface area (Å²) < 4.78 is 0. The fourth-order valence-corrected chi connectivity index (χ4v) is 2.40. The van der Waals surface area contributed by atoms with Gasteiger partial charge in [-0.15, -0.1) is 11.5 Å². The van der Waals surface area contributed by atoms with Gasteiger partial charge in [0.05, 0.1) is 14.2 Å². The number of rotatable bonds is 10. The van der Waals surface area contributed by atoms with Crippen LogP contribution in [0.5, 0.6) is 0 Å². The van der Waals surface area contributed by atoms with Gasteiger partial charge in [0.15, 0.2) is 0 Å². The third-order valence-corrected chi connectivity index (χ3v) is 5.52. The minimum atomic E-state index is -0.236. The molecule has 0 radical (unpaired) electrons. The molecule has 0 saturated carbocycles. The minimum Gasteiger partial charge on any atom is -0.251 e. The third-order valence-electron chi connectivity index (χ3n) is 5.52. The van der Waals surface area contributed by atoms with Crippen molar-refractivity contribution in [1.82, 2.24) is 0 Å². The van der Waals surface area contributed by atoms with E-state index in [1.807, 2.05) is 86.6 Å². The van der Waals surface area contributed by atoms with Crippen molar-refractivity contribution in [3.63, 3.8) is 0 Å². The monoisotopic (exact) mass is 734 g/mol. The summed E-state index contributed by atoms with van der Waals surface area (Å²) in [7, 11) is 2.91. The van der Waals surface area contributed by atoms with Crippen molar-refractivity contribution in [3.8, 4) is 0 Å². The maximum Gasteiger partial charge on any atom is 0.110 e. The summed E-state index contributed by atoms with van der Waals surface area (Å²) in [5.74, 6) is 0. The van der Waals surface area contributed by atoms with Gasteiger partial charge in [-0.25, -0.2) is 29.3 Å². The summed E-state index contributed by atoms with van der Waals surface area (Å²) in [5.41, 5.74) is 6.69. The second-order valence-electron chi connectivity index (χ2n) is 9.56. The van der Waals surface area contributed by atoms with Gasteiger partial charge in [-0.05, 0) is 61.8 Å². The summed E-state index contributed by atoms with van der Waals surface area (Å²) in [5, 5.41) is 18.5. The molecule has 4 aromatic rings. The Morgan fingerprint density at radius 3 is 0.925 bits per heavy atom. The van der Waals surface area contributed by atoms with E-state index in [0.717, 1.165) is 11.1 Å². The van der Waals surface area contributed by atoms with Crippen molar-refractivity contribution < 1.29 is 39.8 Å². The predicted molar refractivity (Wildman–Crippen MR) is 224 cm³/mol. The van der Waals surface area contributed by atoms with E-state index in [4.69, 9.17) is 10.5 Å². The van der Waals surface area contributed by atoms with Crippen molar-refractivity contribution in [2.75, 3.05) is 27.4 Å². The highest BCUT2D eigenvalue weighted by atomic mass is 17.2. The molecular weight excluding hydrogens is 668 g/mol. The van der Waals surface area contributed by atoms with Crippen LogP contribution in [0.4, 0.5) is 0 Å². The largest absolute Gasteiger partial charge is 0.251 e. The van der Waals surface area contributed by atoms with E-state index in [-0.39, 0.29) is 19.6 Å². The fraction of sp³-hybridized carbons (Fsp3) is 0.289. The van der Waals surface area contributed by atoms with Crippen molar-refractivity contribution >= 4 is 10.8 Å². The molecule has 0 aromatic heterocycles. The SMILES string of the molecule is C.C=C(C)C(C)OO.C=C(C)C(C)OO.C=C=CCOOC.C=C=CCOOC.CC.c1ccc2ccccc2c1.c1ccccc1.c1ccccc1. The third kappa shape index (κ3) is 47.3. The van der Waals surface area contributed by atoms with Crippen LogP contribution in [0.1, 0.15) is 49.0 Å². The van der Waals surface area contributed by atoms with Gasteiger partial charge >= 0.3 is 0 Å². The standard InChI is InChI=1S/C10H8.2C6H6.2C5H10O2.2C5H8O2.C2H6.CH4/c1-2-6-10-8-4-3-7-9(10)5-1;2*1-2-4-6-5-3-1;2*1-4(2)5(3)7-6;2*1-3-4-5-7-6-2;1-2;/h1-8H;2*1-6H;2*5-6H,1H2,2-3H3;2*4H,1,5H2,2H3;1-2H3;1H4. The summed E-state index contributed by atoms with van der Waals surface area (Å²) in [6, 6.07) is 40.7. The Hall–Kier alpha value is -4.66. The molecule has 8 nitrogen and oxygen atoms in total. The van der Waals surface area contributed by atoms with Crippen molar-refractivity contribution in [1.29, 1.82) is 0 Å². The Morgan fingerprint density at radius 1 is 0.566 bits per heavy atom. The van der Waals surface area contributed by atoms with Crippen LogP contribution in [0.2, 0.25) is 0 Å². The highest BCUT2D eigenvalue weighted by Gasteiger charge is 1.98. The van der Waals surface area contributed by atoms with Crippen LogP contribution in [0.3, 0.4) is 0 Å². The van der Waals surface area contributed by atoms with Crippen LogP contribution in [0.15, 0.2) is 182 Å². The second-order valence-corrected chi connectivity index (χ2v) is 9.56. The molecule has 0 aliphatic heterocycles. The minimum absolute atomic E-state index is 0. The molecule has 0 fully saturated rings. The Labute approximate surface area is 321 Å². The van der Waals surface area contributed by atoms with Crippen LogP contribution in [0, 0.1) is 0 Å². The molecule has 2 atom stereocenters. The van der Waals surface area contributed by atoms with Crippen LogP contribution in [-0.4, -0.2) is 50.2 Å². The maximum absolute atomic E-state index is 7.94. The second kappa shape index (κ2) is 49.5. The van der Waals surface area contributed by atoms with Crippen LogP contribution in [-0.2, 0) is 29.3 Å². The molecule has 294 valence electrons. The molecule has 53 heavy (non-hydrogen) atoms. The van der Waals surface area contributed by atoms with Gasteiger partial charge < -0.3 is 0 Å². The summed E-state index contributed by atoms with van der Waals surface area (Å²) in [4.78, 5) is 25.1.